The molecule has 3 rings (SSSR count). The Balaban J connectivity index is 1.58. The van der Waals surface area contributed by atoms with Crippen molar-refractivity contribution in [1.29, 1.82) is 0 Å². The molecule has 8 heteroatoms. The molecule has 0 aromatic heterocycles. The van der Waals surface area contributed by atoms with Crippen LogP contribution in [-0.2, 0) is 19.1 Å². The van der Waals surface area contributed by atoms with E-state index in [0.717, 1.165) is 0 Å². The number of benzene rings is 2. The Morgan fingerprint density at radius 3 is 2.59 bits per heavy atom. The molecule has 1 aliphatic heterocycles. The standard InChI is InChI=1S/C21H20N2O6/c1-14-10-19(25)22-17-4-2-3-5-18(17)23(14)20(26)12-29-21(27)13-28-16-8-6-15(11-24)7-9-16/h2-9,11,14H,10,12-13H2,1H3,(H,22,25)/t14-/m0/s1. The van der Waals surface area contributed by atoms with Gasteiger partial charge in [0.25, 0.3) is 5.91 Å². The summed E-state index contributed by atoms with van der Waals surface area (Å²) in [5, 5.41) is 2.77. The minimum atomic E-state index is -0.706. The van der Waals surface area contributed by atoms with Crippen molar-refractivity contribution in [2.75, 3.05) is 23.4 Å². The maximum Gasteiger partial charge on any atom is 0.344 e. The van der Waals surface area contributed by atoms with Crippen LogP contribution in [0.4, 0.5) is 11.4 Å². The van der Waals surface area contributed by atoms with Crippen molar-refractivity contribution in [1.82, 2.24) is 0 Å². The molecule has 0 radical (unpaired) electrons. The second kappa shape index (κ2) is 9.01. The van der Waals surface area contributed by atoms with Crippen LogP contribution in [0.25, 0.3) is 0 Å². The third-order valence-electron chi connectivity index (χ3n) is 4.36. The van der Waals surface area contributed by atoms with Crippen LogP contribution in [0.3, 0.4) is 0 Å². The van der Waals surface area contributed by atoms with E-state index in [1.807, 2.05) is 0 Å². The highest BCUT2D eigenvalue weighted by Gasteiger charge is 2.30. The predicted molar refractivity (Wildman–Crippen MR) is 105 cm³/mol. The summed E-state index contributed by atoms with van der Waals surface area (Å²) in [6.45, 7) is 0.909. The highest BCUT2D eigenvalue weighted by Crippen LogP contribution is 2.31. The molecule has 1 aliphatic rings. The van der Waals surface area contributed by atoms with Crippen molar-refractivity contribution >= 4 is 35.4 Å². The van der Waals surface area contributed by atoms with Gasteiger partial charge in [-0.3, -0.25) is 14.4 Å². The average Bonchev–Trinajstić information content (AvgIpc) is 2.85. The molecular formula is C21H20N2O6. The van der Waals surface area contributed by atoms with E-state index >= 15 is 0 Å². The minimum Gasteiger partial charge on any atom is -0.482 e. The lowest BCUT2D eigenvalue weighted by molar-refractivity contribution is -0.149. The lowest BCUT2D eigenvalue weighted by Crippen LogP contribution is -2.41. The Bertz CT molecular complexity index is 925. The number of nitrogens with one attached hydrogen (secondary N) is 1. The number of fused-ring (bicyclic) bond motifs is 1. The second-order valence-electron chi connectivity index (χ2n) is 6.52. The van der Waals surface area contributed by atoms with E-state index < -0.39 is 24.5 Å². The van der Waals surface area contributed by atoms with E-state index in [1.165, 1.54) is 4.90 Å². The predicted octanol–water partition coefficient (Wildman–Crippen LogP) is 2.18. The van der Waals surface area contributed by atoms with Gasteiger partial charge in [-0.05, 0) is 43.3 Å². The van der Waals surface area contributed by atoms with E-state index in [9.17, 15) is 19.2 Å². The zero-order chi connectivity index (χ0) is 20.8. The largest absolute Gasteiger partial charge is 0.482 e. The number of carbonyl (C=O) groups excluding carboxylic acids is 4. The summed E-state index contributed by atoms with van der Waals surface area (Å²) in [6.07, 6.45) is 0.836. The van der Waals surface area contributed by atoms with Gasteiger partial charge in [0.2, 0.25) is 5.91 Å². The van der Waals surface area contributed by atoms with E-state index in [0.29, 0.717) is 29.0 Å². The van der Waals surface area contributed by atoms with Crippen molar-refractivity contribution in [3.8, 4) is 5.75 Å². The molecule has 8 nitrogen and oxygen atoms in total. The molecule has 150 valence electrons. The van der Waals surface area contributed by atoms with Gasteiger partial charge in [-0.1, -0.05) is 12.1 Å². The minimum absolute atomic E-state index is 0.133. The van der Waals surface area contributed by atoms with Gasteiger partial charge in [0.05, 0.1) is 11.4 Å². The molecule has 2 aromatic carbocycles. The quantitative estimate of drug-likeness (QED) is 0.593. The maximum absolute atomic E-state index is 12.7. The number of nitrogens with zero attached hydrogens (tertiary/aromatic N) is 1. The van der Waals surface area contributed by atoms with Gasteiger partial charge in [-0.15, -0.1) is 0 Å². The van der Waals surface area contributed by atoms with Gasteiger partial charge in [-0.2, -0.15) is 0 Å². The lowest BCUT2D eigenvalue weighted by Gasteiger charge is -2.27. The van der Waals surface area contributed by atoms with Crippen LogP contribution in [0.2, 0.25) is 0 Å². The lowest BCUT2D eigenvalue weighted by atomic mass is 10.1. The summed E-state index contributed by atoms with van der Waals surface area (Å²) in [6, 6.07) is 12.8. The van der Waals surface area contributed by atoms with E-state index in [-0.39, 0.29) is 18.9 Å². The molecule has 1 N–H and O–H groups in total. The zero-order valence-corrected chi connectivity index (χ0v) is 15.8. The number of hydrogen-bond acceptors (Lipinski definition) is 6. The van der Waals surface area contributed by atoms with Gasteiger partial charge >= 0.3 is 5.97 Å². The normalized spacial score (nSPS) is 15.6. The van der Waals surface area contributed by atoms with Crippen LogP contribution in [0.5, 0.6) is 5.75 Å². The summed E-state index contributed by atoms with van der Waals surface area (Å²) in [5.41, 5.74) is 1.58. The molecule has 2 aromatic rings. The summed E-state index contributed by atoms with van der Waals surface area (Å²) in [4.78, 5) is 48.7. The molecule has 0 unspecified atom stereocenters. The number of carbonyl (C=O) groups is 4. The number of para-hydroxylation sites is 2. The molecular weight excluding hydrogens is 376 g/mol. The van der Waals surface area contributed by atoms with Crippen LogP contribution in [-0.4, -0.2) is 43.3 Å². The number of amides is 2. The number of esters is 1. The first-order valence-electron chi connectivity index (χ1n) is 9.02. The van der Waals surface area contributed by atoms with Crippen molar-refractivity contribution in [2.45, 2.75) is 19.4 Å². The fourth-order valence-corrected chi connectivity index (χ4v) is 3.01. The number of anilines is 2. The molecule has 0 spiro atoms. The highest BCUT2D eigenvalue weighted by atomic mass is 16.6. The van der Waals surface area contributed by atoms with Crippen molar-refractivity contribution in [3.05, 3.63) is 54.1 Å². The van der Waals surface area contributed by atoms with Gasteiger partial charge < -0.3 is 19.7 Å². The van der Waals surface area contributed by atoms with E-state index in [2.05, 4.69) is 5.32 Å². The smallest absolute Gasteiger partial charge is 0.344 e. The van der Waals surface area contributed by atoms with E-state index in [1.54, 1.807) is 55.5 Å². The first-order valence-corrected chi connectivity index (χ1v) is 9.02. The Morgan fingerprint density at radius 2 is 1.86 bits per heavy atom. The summed E-state index contributed by atoms with van der Waals surface area (Å²) in [7, 11) is 0. The van der Waals surface area contributed by atoms with Crippen LogP contribution >= 0.6 is 0 Å². The second-order valence-corrected chi connectivity index (χ2v) is 6.52. The Kier molecular flexibility index (Phi) is 6.23. The van der Waals surface area contributed by atoms with Crippen LogP contribution in [0.1, 0.15) is 23.7 Å². The molecule has 0 fully saturated rings. The third kappa shape index (κ3) is 4.98. The van der Waals surface area contributed by atoms with Gasteiger partial charge in [-0.25, -0.2) is 4.79 Å². The first-order chi connectivity index (χ1) is 14.0. The van der Waals surface area contributed by atoms with Gasteiger partial charge in [0, 0.05) is 18.0 Å². The van der Waals surface area contributed by atoms with Crippen molar-refractivity contribution < 1.29 is 28.7 Å². The molecule has 1 atom stereocenters. The topological polar surface area (TPSA) is 102 Å². The SMILES string of the molecule is C[C@H]1CC(=O)Nc2ccccc2N1C(=O)COC(=O)COc1ccc(C=O)cc1. The van der Waals surface area contributed by atoms with E-state index in [4.69, 9.17) is 9.47 Å². The number of aldehydes is 1. The first kappa shape index (κ1) is 20.1. The monoisotopic (exact) mass is 396 g/mol. The average molecular weight is 396 g/mol. The molecule has 0 saturated heterocycles. The zero-order valence-electron chi connectivity index (χ0n) is 15.8. The molecule has 0 saturated carbocycles. The Labute approximate surface area is 167 Å². The molecule has 0 aliphatic carbocycles. The fourth-order valence-electron chi connectivity index (χ4n) is 3.01. The van der Waals surface area contributed by atoms with Crippen molar-refractivity contribution in [2.24, 2.45) is 0 Å². The van der Waals surface area contributed by atoms with Gasteiger partial charge in [0.15, 0.2) is 13.2 Å². The molecule has 2 amide bonds. The Hall–Kier alpha value is -3.68. The molecule has 1 heterocycles. The summed E-state index contributed by atoms with van der Waals surface area (Å²) >= 11 is 0. The summed E-state index contributed by atoms with van der Waals surface area (Å²) in [5.74, 6) is -0.933. The van der Waals surface area contributed by atoms with Gasteiger partial charge in [0.1, 0.15) is 12.0 Å². The fraction of sp³-hybridized carbons (Fsp3) is 0.238. The number of hydrogen-bond donors (Lipinski definition) is 1. The number of ether oxygens (including phenoxy) is 2. The van der Waals surface area contributed by atoms with Crippen LogP contribution < -0.4 is 15.0 Å². The Morgan fingerprint density at radius 1 is 1.14 bits per heavy atom. The maximum atomic E-state index is 12.7. The molecule has 0 bridgehead atoms. The summed E-state index contributed by atoms with van der Waals surface area (Å²) < 4.78 is 10.3. The van der Waals surface area contributed by atoms with Crippen LogP contribution in [0.15, 0.2) is 48.5 Å². The third-order valence-corrected chi connectivity index (χ3v) is 4.36. The van der Waals surface area contributed by atoms with Crippen molar-refractivity contribution in [3.63, 3.8) is 0 Å². The number of rotatable bonds is 6. The van der Waals surface area contributed by atoms with Crippen LogP contribution in [0, 0.1) is 0 Å². The molecule has 29 heavy (non-hydrogen) atoms. The highest BCUT2D eigenvalue weighted by molar-refractivity contribution is 6.05.